The summed E-state index contributed by atoms with van der Waals surface area (Å²) in [6, 6.07) is 5.72. The van der Waals surface area contributed by atoms with E-state index in [1.165, 1.54) is 0 Å². The predicted octanol–water partition coefficient (Wildman–Crippen LogP) is 3.52. The monoisotopic (exact) mass is 247 g/mol. The lowest BCUT2D eigenvalue weighted by Crippen LogP contribution is -2.31. The van der Waals surface area contributed by atoms with Gasteiger partial charge in [0.2, 0.25) is 5.91 Å². The zero-order valence-corrected chi connectivity index (χ0v) is 11.4. The van der Waals surface area contributed by atoms with E-state index in [2.05, 4.69) is 12.2 Å². The number of carbonyl (C=O) groups is 1. The van der Waals surface area contributed by atoms with Crippen LogP contribution in [0.1, 0.15) is 38.2 Å². The molecule has 0 heterocycles. The largest absolute Gasteiger partial charge is 0.497 e. The van der Waals surface area contributed by atoms with Crippen LogP contribution in [0.2, 0.25) is 0 Å². The summed E-state index contributed by atoms with van der Waals surface area (Å²) in [6.45, 7) is 4.04. The van der Waals surface area contributed by atoms with E-state index in [0.29, 0.717) is 0 Å². The molecule has 2 rings (SSSR count). The maximum atomic E-state index is 12.3. The SMILES string of the molecule is COc1ccc(NC(=O)C2(C)CCCC2)c(C)c1. The van der Waals surface area contributed by atoms with Crippen molar-refractivity contribution in [2.24, 2.45) is 5.41 Å². The number of ether oxygens (including phenoxy) is 1. The number of aryl methyl sites for hydroxylation is 1. The normalized spacial score (nSPS) is 17.5. The van der Waals surface area contributed by atoms with Crippen LogP contribution in [-0.4, -0.2) is 13.0 Å². The standard InChI is InChI=1S/C15H21NO2/c1-11-10-12(18-3)6-7-13(11)16-14(17)15(2)8-4-5-9-15/h6-7,10H,4-5,8-9H2,1-3H3,(H,16,17). The quantitative estimate of drug-likeness (QED) is 0.887. The first-order valence-corrected chi connectivity index (χ1v) is 6.51. The fraction of sp³-hybridized carbons (Fsp3) is 0.533. The number of hydrogen-bond donors (Lipinski definition) is 1. The van der Waals surface area contributed by atoms with Gasteiger partial charge in [-0.05, 0) is 43.5 Å². The van der Waals surface area contributed by atoms with Crippen molar-refractivity contribution in [3.05, 3.63) is 23.8 Å². The van der Waals surface area contributed by atoms with Gasteiger partial charge in [-0.3, -0.25) is 4.79 Å². The lowest BCUT2D eigenvalue weighted by molar-refractivity contribution is -0.124. The van der Waals surface area contributed by atoms with Crippen LogP contribution in [0.4, 0.5) is 5.69 Å². The predicted molar refractivity (Wildman–Crippen MR) is 72.9 cm³/mol. The summed E-state index contributed by atoms with van der Waals surface area (Å²) in [7, 11) is 1.65. The first kappa shape index (κ1) is 12.9. The minimum Gasteiger partial charge on any atom is -0.497 e. The highest BCUT2D eigenvalue weighted by Gasteiger charge is 2.36. The van der Waals surface area contributed by atoms with Crippen LogP contribution >= 0.6 is 0 Å². The van der Waals surface area contributed by atoms with Crippen LogP contribution in [0.25, 0.3) is 0 Å². The second-order valence-corrected chi connectivity index (χ2v) is 5.40. The van der Waals surface area contributed by atoms with Crippen molar-refractivity contribution in [2.45, 2.75) is 39.5 Å². The third-order valence-corrected chi connectivity index (χ3v) is 3.94. The smallest absolute Gasteiger partial charge is 0.230 e. The van der Waals surface area contributed by atoms with Crippen molar-refractivity contribution in [1.29, 1.82) is 0 Å². The molecule has 1 saturated carbocycles. The zero-order valence-electron chi connectivity index (χ0n) is 11.4. The van der Waals surface area contributed by atoms with Gasteiger partial charge in [0.25, 0.3) is 0 Å². The highest BCUT2D eigenvalue weighted by Crippen LogP contribution is 2.38. The Kier molecular flexibility index (Phi) is 3.60. The molecule has 1 aromatic rings. The molecule has 3 heteroatoms. The van der Waals surface area contributed by atoms with Gasteiger partial charge in [-0.2, -0.15) is 0 Å². The third-order valence-electron chi connectivity index (χ3n) is 3.94. The molecule has 0 unspecified atom stereocenters. The Labute approximate surface area is 109 Å². The molecule has 98 valence electrons. The van der Waals surface area contributed by atoms with E-state index in [9.17, 15) is 4.79 Å². The van der Waals surface area contributed by atoms with E-state index in [-0.39, 0.29) is 11.3 Å². The molecule has 1 aliphatic carbocycles. The summed E-state index contributed by atoms with van der Waals surface area (Å²) in [4.78, 5) is 12.3. The Balaban J connectivity index is 2.12. The molecule has 1 aliphatic rings. The van der Waals surface area contributed by atoms with Gasteiger partial charge in [0.15, 0.2) is 0 Å². The van der Waals surface area contributed by atoms with E-state index in [1.54, 1.807) is 7.11 Å². The van der Waals surface area contributed by atoms with Crippen LogP contribution in [0.15, 0.2) is 18.2 Å². The van der Waals surface area contributed by atoms with Crippen molar-refractivity contribution in [3.8, 4) is 5.75 Å². The van der Waals surface area contributed by atoms with Gasteiger partial charge in [-0.25, -0.2) is 0 Å². The minimum absolute atomic E-state index is 0.147. The van der Waals surface area contributed by atoms with Gasteiger partial charge < -0.3 is 10.1 Å². The van der Waals surface area contributed by atoms with Crippen molar-refractivity contribution in [3.63, 3.8) is 0 Å². The van der Waals surface area contributed by atoms with Crippen molar-refractivity contribution < 1.29 is 9.53 Å². The first-order valence-electron chi connectivity index (χ1n) is 6.51. The maximum Gasteiger partial charge on any atom is 0.230 e. The Bertz CT molecular complexity index is 448. The molecule has 18 heavy (non-hydrogen) atoms. The molecule has 3 nitrogen and oxygen atoms in total. The van der Waals surface area contributed by atoms with E-state index in [1.807, 2.05) is 25.1 Å². The number of hydrogen-bond acceptors (Lipinski definition) is 2. The average molecular weight is 247 g/mol. The lowest BCUT2D eigenvalue weighted by atomic mass is 9.87. The summed E-state index contributed by atoms with van der Waals surface area (Å²) in [6.07, 6.45) is 4.30. The van der Waals surface area contributed by atoms with Crippen LogP contribution < -0.4 is 10.1 Å². The van der Waals surface area contributed by atoms with Gasteiger partial charge in [0.1, 0.15) is 5.75 Å². The fourth-order valence-corrected chi connectivity index (χ4v) is 2.56. The molecule has 0 bridgehead atoms. The van der Waals surface area contributed by atoms with Crippen LogP contribution in [0.3, 0.4) is 0 Å². The molecule has 0 spiro atoms. The molecule has 1 aromatic carbocycles. The van der Waals surface area contributed by atoms with E-state index in [4.69, 9.17) is 4.74 Å². The number of methoxy groups -OCH3 is 1. The van der Waals surface area contributed by atoms with Crippen molar-refractivity contribution in [1.82, 2.24) is 0 Å². The molecule has 0 saturated heterocycles. The Hall–Kier alpha value is -1.51. The van der Waals surface area contributed by atoms with Crippen molar-refractivity contribution >= 4 is 11.6 Å². The number of rotatable bonds is 3. The van der Waals surface area contributed by atoms with Crippen molar-refractivity contribution in [2.75, 3.05) is 12.4 Å². The van der Waals surface area contributed by atoms with Gasteiger partial charge in [0, 0.05) is 11.1 Å². The van der Waals surface area contributed by atoms with Crippen LogP contribution in [0, 0.1) is 12.3 Å². The molecule has 1 amide bonds. The topological polar surface area (TPSA) is 38.3 Å². The summed E-state index contributed by atoms with van der Waals surface area (Å²) in [5.74, 6) is 0.964. The van der Waals surface area contributed by atoms with Crippen LogP contribution in [-0.2, 0) is 4.79 Å². The number of nitrogens with one attached hydrogen (secondary N) is 1. The molecule has 1 N–H and O–H groups in total. The Morgan fingerprint density at radius 3 is 2.56 bits per heavy atom. The highest BCUT2D eigenvalue weighted by atomic mass is 16.5. The lowest BCUT2D eigenvalue weighted by Gasteiger charge is -2.23. The number of anilines is 1. The summed E-state index contributed by atoms with van der Waals surface area (Å²) >= 11 is 0. The van der Waals surface area contributed by atoms with E-state index >= 15 is 0 Å². The molecule has 0 radical (unpaired) electrons. The molecular weight excluding hydrogens is 226 g/mol. The zero-order chi connectivity index (χ0) is 13.2. The minimum atomic E-state index is -0.188. The van der Waals surface area contributed by atoms with E-state index in [0.717, 1.165) is 42.7 Å². The summed E-state index contributed by atoms with van der Waals surface area (Å²) < 4.78 is 5.16. The molecular formula is C15H21NO2. The Morgan fingerprint density at radius 1 is 1.33 bits per heavy atom. The molecule has 0 aliphatic heterocycles. The summed E-state index contributed by atoms with van der Waals surface area (Å²) in [5, 5.41) is 3.05. The highest BCUT2D eigenvalue weighted by molar-refractivity contribution is 5.95. The van der Waals surface area contributed by atoms with Gasteiger partial charge in [-0.1, -0.05) is 19.8 Å². The Morgan fingerprint density at radius 2 is 2.00 bits per heavy atom. The maximum absolute atomic E-state index is 12.3. The number of amides is 1. The third kappa shape index (κ3) is 2.50. The summed E-state index contributed by atoms with van der Waals surface area (Å²) in [5.41, 5.74) is 1.73. The average Bonchev–Trinajstić information content (AvgIpc) is 2.80. The van der Waals surface area contributed by atoms with Gasteiger partial charge >= 0.3 is 0 Å². The van der Waals surface area contributed by atoms with Gasteiger partial charge in [-0.15, -0.1) is 0 Å². The van der Waals surface area contributed by atoms with Crippen LogP contribution in [0.5, 0.6) is 5.75 Å². The molecule has 1 fully saturated rings. The number of carbonyl (C=O) groups excluding carboxylic acids is 1. The second-order valence-electron chi connectivity index (χ2n) is 5.40. The second kappa shape index (κ2) is 5.01. The fourth-order valence-electron chi connectivity index (χ4n) is 2.56. The molecule has 0 aromatic heterocycles. The van der Waals surface area contributed by atoms with E-state index < -0.39 is 0 Å². The van der Waals surface area contributed by atoms with Gasteiger partial charge in [0.05, 0.1) is 7.11 Å². The number of benzene rings is 1. The first-order chi connectivity index (χ1) is 8.55. The molecule has 0 atom stereocenters.